The number of carbonyl (C=O) groups excluding carboxylic acids is 3. The van der Waals surface area contributed by atoms with E-state index in [0.29, 0.717) is 37.2 Å². The molecule has 0 saturated carbocycles. The Labute approximate surface area is 472 Å². The van der Waals surface area contributed by atoms with Crippen molar-refractivity contribution in [1.82, 2.24) is 0 Å². The minimum atomic E-state index is -1.34. The first-order valence-corrected chi connectivity index (χ1v) is 31.2. The monoisotopic (exact) mass is 1090 g/mol. The average Bonchev–Trinajstić information content (AvgIpc) is 3.44. The fourth-order valence-corrected chi connectivity index (χ4v) is 10.4. The number of hydrogen-bond acceptors (Lipinski definition) is 9. The second-order valence-corrected chi connectivity index (χ2v) is 21.8. The summed E-state index contributed by atoms with van der Waals surface area (Å²) in [6, 6.07) is 4.41. The topological polar surface area (TPSA) is 191 Å². The van der Waals surface area contributed by atoms with E-state index in [1.165, 1.54) is 76.0 Å². The Morgan fingerprint density at radius 2 is 0.667 bits per heavy atom. The van der Waals surface area contributed by atoms with E-state index in [9.17, 15) is 44.1 Å². The van der Waals surface area contributed by atoms with Crippen LogP contribution >= 0.6 is 0 Å². The van der Waals surface area contributed by atoms with Crippen molar-refractivity contribution in [3.05, 3.63) is 68.3 Å². The van der Waals surface area contributed by atoms with Crippen molar-refractivity contribution >= 4 is 35.8 Å². The van der Waals surface area contributed by atoms with Gasteiger partial charge in [0.15, 0.2) is 0 Å². The summed E-state index contributed by atoms with van der Waals surface area (Å²) in [6.07, 6.45) is 31.9. The molecule has 3 atom stereocenters. The summed E-state index contributed by atoms with van der Waals surface area (Å²) in [7, 11) is 0. The van der Waals surface area contributed by atoms with E-state index < -0.39 is 35.8 Å². The normalized spacial score (nSPS) is 12.3. The van der Waals surface area contributed by atoms with Crippen molar-refractivity contribution in [2.24, 2.45) is 17.8 Å². The van der Waals surface area contributed by atoms with Gasteiger partial charge in [-0.15, -0.1) is 0 Å². The molecule has 3 unspecified atom stereocenters. The number of carbonyl (C=O) groups is 6. The summed E-state index contributed by atoms with van der Waals surface area (Å²) in [5.41, 5.74) is 1.22. The van der Waals surface area contributed by atoms with Gasteiger partial charge in [0.1, 0.15) is 0 Å². The lowest BCUT2D eigenvalue weighted by Crippen LogP contribution is -2.25. The van der Waals surface area contributed by atoms with Crippen molar-refractivity contribution < 1.29 is 58.3 Å². The molecule has 2 rings (SSSR count). The first kappa shape index (κ1) is 71.3. The first-order valence-electron chi connectivity index (χ1n) is 31.2. The molecule has 2 aromatic rings. The number of rotatable bonds is 45. The summed E-state index contributed by atoms with van der Waals surface area (Å²) in [5.74, 6) is -4.96. The van der Waals surface area contributed by atoms with Crippen molar-refractivity contribution in [3.63, 3.8) is 0 Å². The molecule has 12 nitrogen and oxygen atoms in total. The van der Waals surface area contributed by atoms with Crippen LogP contribution in [0.15, 0.2) is 18.2 Å². The highest BCUT2D eigenvalue weighted by atomic mass is 16.5. The van der Waals surface area contributed by atoms with Gasteiger partial charge in [-0.25, -0.2) is 28.8 Å². The Kier molecular flexibility index (Phi) is 40.3. The van der Waals surface area contributed by atoms with Crippen molar-refractivity contribution in [2.45, 2.75) is 274 Å². The van der Waals surface area contributed by atoms with Crippen LogP contribution in [0.1, 0.15) is 334 Å². The number of unbranched alkanes of at least 4 members (excludes halogenated alkanes) is 18. The van der Waals surface area contributed by atoms with Gasteiger partial charge in [-0.2, -0.15) is 0 Å². The Balaban J connectivity index is 0.000000780. The van der Waals surface area contributed by atoms with E-state index >= 15 is 0 Å². The van der Waals surface area contributed by atoms with Crippen LogP contribution < -0.4 is 0 Å². The Morgan fingerprint density at radius 3 is 1.03 bits per heavy atom. The molecule has 0 heterocycles. The van der Waals surface area contributed by atoms with Crippen molar-refractivity contribution in [3.8, 4) is 0 Å². The molecule has 12 heteroatoms. The van der Waals surface area contributed by atoms with E-state index in [4.69, 9.17) is 14.2 Å². The zero-order valence-electron chi connectivity index (χ0n) is 50.4. The van der Waals surface area contributed by atoms with Crippen molar-refractivity contribution in [2.75, 3.05) is 19.8 Å². The molecule has 444 valence electrons. The number of benzene rings is 2. The molecule has 0 aliphatic heterocycles. The second kappa shape index (κ2) is 44.1. The number of ether oxygens (including phenoxy) is 3. The number of hydrogen-bond donors (Lipinski definition) is 3. The minimum absolute atomic E-state index is 0.0580. The predicted octanol–water partition coefficient (Wildman–Crippen LogP) is 18.3. The van der Waals surface area contributed by atoms with E-state index in [-0.39, 0.29) is 69.7 Å². The molecule has 3 N–H and O–H groups in total. The maximum absolute atomic E-state index is 13.0. The third-order valence-corrected chi connectivity index (χ3v) is 15.5. The number of aromatic carboxylic acids is 3. The highest BCUT2D eigenvalue weighted by Crippen LogP contribution is 2.37. The second-order valence-electron chi connectivity index (χ2n) is 21.8. The van der Waals surface area contributed by atoms with E-state index in [1.54, 1.807) is 0 Å². The molecule has 0 aliphatic rings. The van der Waals surface area contributed by atoms with Gasteiger partial charge >= 0.3 is 35.8 Å². The van der Waals surface area contributed by atoms with Gasteiger partial charge < -0.3 is 29.5 Å². The summed E-state index contributed by atoms with van der Waals surface area (Å²) in [4.78, 5) is 77.1. The standard InChI is InChI=1S/2C33H54O6/c1-7-13-16-22(10-4)19-25-26(20-23(11-5)17-14-8-2)29(32(36)37)30(33(38)39)27(28(25)31(34)35)21-24(12-6)18-15-9-3;1-4-7-10-13-16-19-24-37-31(34)28-22-23-29(32(35)38-25-20-17-14-11-8-5-2)30(27-28)33(36)39-26-21-18-15-12-9-6-3/h22-24H,7-21H2,1-6H3,(H,34,35)(H,36,37)(H,38,39);22-23,27H,4-21,24-26H2,1-3H3. The molecule has 0 spiro atoms. The van der Waals surface area contributed by atoms with Gasteiger partial charge in [-0.3, -0.25) is 0 Å². The van der Waals surface area contributed by atoms with Gasteiger partial charge in [0.05, 0.1) is 53.2 Å². The molecule has 0 amide bonds. The third kappa shape index (κ3) is 27.4. The van der Waals surface area contributed by atoms with Gasteiger partial charge in [0, 0.05) is 0 Å². The van der Waals surface area contributed by atoms with Gasteiger partial charge in [0.2, 0.25) is 0 Å². The van der Waals surface area contributed by atoms with Crippen LogP contribution in [0.3, 0.4) is 0 Å². The van der Waals surface area contributed by atoms with E-state index in [2.05, 4.69) is 55.4 Å². The summed E-state index contributed by atoms with van der Waals surface area (Å²) in [6.45, 7) is 20.0. The van der Waals surface area contributed by atoms with Crippen LogP contribution in [0.2, 0.25) is 0 Å². The first-order chi connectivity index (χ1) is 37.7. The van der Waals surface area contributed by atoms with Crippen LogP contribution in [-0.4, -0.2) is 71.0 Å². The zero-order valence-corrected chi connectivity index (χ0v) is 50.4. The number of esters is 3. The van der Waals surface area contributed by atoms with Crippen molar-refractivity contribution in [1.29, 1.82) is 0 Å². The highest BCUT2D eigenvalue weighted by Gasteiger charge is 2.35. The van der Waals surface area contributed by atoms with Crippen LogP contribution in [0.5, 0.6) is 0 Å². The smallest absolute Gasteiger partial charge is 0.339 e. The third-order valence-electron chi connectivity index (χ3n) is 15.5. The molecule has 78 heavy (non-hydrogen) atoms. The summed E-state index contributed by atoms with van der Waals surface area (Å²) < 4.78 is 16.4. The fourth-order valence-electron chi connectivity index (χ4n) is 10.4. The number of carboxylic acids is 3. The molecule has 0 bridgehead atoms. The molecular formula is C66H108O12. The molecule has 0 saturated heterocycles. The zero-order chi connectivity index (χ0) is 58.1. The highest BCUT2D eigenvalue weighted by molar-refractivity contribution is 6.08. The maximum Gasteiger partial charge on any atom is 0.339 e. The lowest BCUT2D eigenvalue weighted by molar-refractivity contribution is 0.0447. The van der Waals surface area contributed by atoms with Crippen LogP contribution in [0.25, 0.3) is 0 Å². The molecule has 0 aliphatic carbocycles. The molecular weight excluding hydrogens is 985 g/mol. The summed E-state index contributed by atoms with van der Waals surface area (Å²) >= 11 is 0. The average molecular weight is 1090 g/mol. The van der Waals surface area contributed by atoms with Crippen LogP contribution in [0, 0.1) is 17.8 Å². The lowest BCUT2D eigenvalue weighted by Gasteiger charge is -2.28. The van der Waals surface area contributed by atoms with Gasteiger partial charge in [-0.1, -0.05) is 236 Å². The molecule has 2 aromatic carbocycles. The Morgan fingerprint density at radius 1 is 0.359 bits per heavy atom. The maximum atomic E-state index is 13.0. The number of carboxylic acid groups (broad SMARTS) is 3. The fraction of sp³-hybridized carbons (Fsp3) is 0.727. The minimum Gasteiger partial charge on any atom is -0.478 e. The van der Waals surface area contributed by atoms with Crippen LogP contribution in [0.4, 0.5) is 0 Å². The quantitative estimate of drug-likeness (QED) is 0.0324. The molecule has 0 fully saturated rings. The predicted molar refractivity (Wildman–Crippen MR) is 316 cm³/mol. The van der Waals surface area contributed by atoms with Gasteiger partial charge in [0.25, 0.3) is 0 Å². The Hall–Kier alpha value is -4.74. The van der Waals surface area contributed by atoms with E-state index in [0.717, 1.165) is 135 Å². The largest absolute Gasteiger partial charge is 0.478 e. The lowest BCUT2D eigenvalue weighted by atomic mass is 9.75. The molecule has 0 radical (unpaired) electrons. The van der Waals surface area contributed by atoms with E-state index in [1.807, 2.05) is 6.92 Å². The summed E-state index contributed by atoms with van der Waals surface area (Å²) in [5, 5.41) is 31.5. The molecule has 0 aromatic heterocycles. The van der Waals surface area contributed by atoms with Gasteiger partial charge in [-0.05, 0) is 91.2 Å². The Bertz CT molecular complexity index is 2020. The SMILES string of the molecule is CCCCC(CC)Cc1c(CC(CC)CCCC)c(C(=O)O)c(C(=O)O)c(CC(CC)CCCC)c1C(=O)O.CCCCCCCCOC(=O)c1ccc(C(=O)OCCCCCCCC)c(C(=O)OCCCCCCCC)c1. The van der Waals surface area contributed by atoms with Crippen LogP contribution in [-0.2, 0) is 33.5 Å².